The molecule has 1 aromatic rings. The zero-order valence-electron chi connectivity index (χ0n) is 8.57. The van der Waals surface area contributed by atoms with Crippen LogP contribution in [0.3, 0.4) is 0 Å². The summed E-state index contributed by atoms with van der Waals surface area (Å²) in [6.45, 7) is 3.94. The molecule has 0 spiro atoms. The molecule has 1 N–H and O–H groups in total. The summed E-state index contributed by atoms with van der Waals surface area (Å²) in [6.07, 6.45) is 0. The first kappa shape index (κ1) is 10.6. The van der Waals surface area contributed by atoms with E-state index in [-0.39, 0.29) is 17.3 Å². The average Bonchev–Trinajstić information content (AvgIpc) is 2.69. The highest BCUT2D eigenvalue weighted by Crippen LogP contribution is 2.64. The predicted molar refractivity (Wildman–Crippen MR) is 59.6 cm³/mol. The number of carboxylic acid groups (broad SMARTS) is 1. The summed E-state index contributed by atoms with van der Waals surface area (Å²) in [5.41, 5.74) is 0.682. The van der Waals surface area contributed by atoms with Gasteiger partial charge in [0.1, 0.15) is 4.60 Å². The summed E-state index contributed by atoms with van der Waals surface area (Å²) in [6, 6.07) is 5.62. The molecule has 0 amide bonds. The van der Waals surface area contributed by atoms with Crippen molar-refractivity contribution >= 4 is 21.9 Å². The summed E-state index contributed by atoms with van der Waals surface area (Å²) in [7, 11) is 0. The number of pyridine rings is 1. The molecule has 1 aromatic heterocycles. The van der Waals surface area contributed by atoms with E-state index in [1.54, 1.807) is 0 Å². The molecular formula is C11H12BrNO2. The van der Waals surface area contributed by atoms with Crippen LogP contribution < -0.4 is 0 Å². The fourth-order valence-corrected chi connectivity index (χ4v) is 2.61. The van der Waals surface area contributed by atoms with Crippen molar-refractivity contribution in [1.82, 2.24) is 4.98 Å². The van der Waals surface area contributed by atoms with E-state index >= 15 is 0 Å². The molecule has 1 heterocycles. The third-order valence-corrected chi connectivity index (χ3v) is 3.59. The molecule has 3 nitrogen and oxygen atoms in total. The SMILES string of the molecule is CC1(C)C(C(=O)O)C1c1cccc(Br)n1. The minimum atomic E-state index is -0.730. The maximum Gasteiger partial charge on any atom is 0.307 e. The molecule has 1 saturated carbocycles. The maximum atomic E-state index is 11.0. The average molecular weight is 270 g/mol. The van der Waals surface area contributed by atoms with Gasteiger partial charge < -0.3 is 5.11 Å². The van der Waals surface area contributed by atoms with Crippen LogP contribution in [0.4, 0.5) is 0 Å². The van der Waals surface area contributed by atoms with Gasteiger partial charge >= 0.3 is 5.97 Å². The smallest absolute Gasteiger partial charge is 0.307 e. The van der Waals surface area contributed by atoms with Gasteiger partial charge in [-0.15, -0.1) is 0 Å². The van der Waals surface area contributed by atoms with Crippen molar-refractivity contribution in [2.75, 3.05) is 0 Å². The van der Waals surface area contributed by atoms with Crippen LogP contribution in [0.2, 0.25) is 0 Å². The molecule has 0 aromatic carbocycles. The van der Waals surface area contributed by atoms with E-state index in [0.717, 1.165) is 10.3 Å². The fourth-order valence-electron chi connectivity index (χ4n) is 2.25. The number of rotatable bonds is 2. The van der Waals surface area contributed by atoms with Crippen LogP contribution in [0, 0.1) is 11.3 Å². The normalized spacial score (nSPS) is 27.4. The molecule has 15 heavy (non-hydrogen) atoms. The first-order valence-electron chi connectivity index (χ1n) is 4.80. The largest absolute Gasteiger partial charge is 0.481 e. The molecule has 2 rings (SSSR count). The Morgan fingerprint density at radius 2 is 2.20 bits per heavy atom. The topological polar surface area (TPSA) is 50.2 Å². The molecule has 1 aliphatic carbocycles. The van der Waals surface area contributed by atoms with Gasteiger partial charge in [-0.2, -0.15) is 0 Å². The van der Waals surface area contributed by atoms with Crippen LogP contribution in [0.5, 0.6) is 0 Å². The number of aliphatic carboxylic acids is 1. The van der Waals surface area contributed by atoms with Gasteiger partial charge in [0.25, 0.3) is 0 Å². The van der Waals surface area contributed by atoms with Crippen LogP contribution in [-0.2, 0) is 4.79 Å². The third kappa shape index (κ3) is 1.67. The van der Waals surface area contributed by atoms with Crippen molar-refractivity contribution < 1.29 is 9.90 Å². The first-order valence-corrected chi connectivity index (χ1v) is 5.59. The molecule has 0 bridgehead atoms. The minimum Gasteiger partial charge on any atom is -0.481 e. The van der Waals surface area contributed by atoms with Gasteiger partial charge in [-0.05, 0) is 33.5 Å². The Balaban J connectivity index is 2.31. The van der Waals surface area contributed by atoms with Crippen LogP contribution in [0.1, 0.15) is 25.5 Å². The van der Waals surface area contributed by atoms with Crippen LogP contribution in [0.15, 0.2) is 22.8 Å². The van der Waals surface area contributed by atoms with Gasteiger partial charge in [0.15, 0.2) is 0 Å². The van der Waals surface area contributed by atoms with Gasteiger partial charge in [0.2, 0.25) is 0 Å². The van der Waals surface area contributed by atoms with Crippen molar-refractivity contribution in [1.29, 1.82) is 0 Å². The molecule has 80 valence electrons. The van der Waals surface area contributed by atoms with Gasteiger partial charge in [-0.25, -0.2) is 4.98 Å². The number of hydrogen-bond acceptors (Lipinski definition) is 2. The molecule has 4 heteroatoms. The lowest BCUT2D eigenvalue weighted by atomic mass is 10.1. The monoisotopic (exact) mass is 269 g/mol. The van der Waals surface area contributed by atoms with Gasteiger partial charge in [-0.1, -0.05) is 19.9 Å². The molecule has 2 unspecified atom stereocenters. The number of carbonyl (C=O) groups is 1. The van der Waals surface area contributed by atoms with E-state index in [9.17, 15) is 4.79 Å². The Bertz CT molecular complexity index is 417. The number of aromatic nitrogens is 1. The third-order valence-electron chi connectivity index (χ3n) is 3.15. The Hall–Kier alpha value is -0.900. The Kier molecular flexibility index (Phi) is 2.34. The van der Waals surface area contributed by atoms with Crippen LogP contribution in [-0.4, -0.2) is 16.1 Å². The summed E-state index contributed by atoms with van der Waals surface area (Å²) in [5.74, 6) is -1.00. The summed E-state index contributed by atoms with van der Waals surface area (Å²) in [4.78, 5) is 15.3. The van der Waals surface area contributed by atoms with E-state index in [4.69, 9.17) is 5.11 Å². The van der Waals surface area contributed by atoms with Crippen molar-refractivity contribution in [2.24, 2.45) is 11.3 Å². The Morgan fingerprint density at radius 1 is 1.53 bits per heavy atom. The zero-order valence-corrected chi connectivity index (χ0v) is 10.2. The maximum absolute atomic E-state index is 11.0. The summed E-state index contributed by atoms with van der Waals surface area (Å²) >= 11 is 3.29. The quantitative estimate of drug-likeness (QED) is 0.840. The summed E-state index contributed by atoms with van der Waals surface area (Å²) in [5, 5.41) is 9.05. The van der Waals surface area contributed by atoms with Crippen LogP contribution >= 0.6 is 15.9 Å². The lowest BCUT2D eigenvalue weighted by Crippen LogP contribution is -2.03. The highest BCUT2D eigenvalue weighted by Gasteiger charge is 2.63. The second kappa shape index (κ2) is 3.30. The van der Waals surface area contributed by atoms with E-state index in [0.29, 0.717) is 0 Å². The van der Waals surface area contributed by atoms with Gasteiger partial charge in [0, 0.05) is 11.6 Å². The van der Waals surface area contributed by atoms with Crippen molar-refractivity contribution in [3.63, 3.8) is 0 Å². The van der Waals surface area contributed by atoms with E-state index < -0.39 is 5.97 Å². The molecule has 1 fully saturated rings. The number of halogens is 1. The Labute approximate surface area is 96.7 Å². The lowest BCUT2D eigenvalue weighted by molar-refractivity contribution is -0.139. The fraction of sp³-hybridized carbons (Fsp3) is 0.455. The van der Waals surface area contributed by atoms with Crippen molar-refractivity contribution in [3.05, 3.63) is 28.5 Å². The standard InChI is InChI=1S/C11H12BrNO2/c1-11(2)8(9(11)10(14)15)6-4-3-5-7(12)13-6/h3-5,8-9H,1-2H3,(H,14,15). The van der Waals surface area contributed by atoms with E-state index in [1.165, 1.54) is 0 Å². The van der Waals surface area contributed by atoms with Crippen molar-refractivity contribution in [3.8, 4) is 0 Å². The lowest BCUT2D eigenvalue weighted by Gasteiger charge is -2.01. The number of carboxylic acids is 1. The summed E-state index contributed by atoms with van der Waals surface area (Å²) < 4.78 is 0.756. The second-order valence-electron chi connectivity index (χ2n) is 4.50. The minimum absolute atomic E-state index is 0.0347. The van der Waals surface area contributed by atoms with Crippen LogP contribution in [0.25, 0.3) is 0 Å². The van der Waals surface area contributed by atoms with Crippen molar-refractivity contribution in [2.45, 2.75) is 19.8 Å². The van der Waals surface area contributed by atoms with Gasteiger partial charge in [-0.3, -0.25) is 4.79 Å². The highest BCUT2D eigenvalue weighted by atomic mass is 79.9. The van der Waals surface area contributed by atoms with E-state index in [1.807, 2.05) is 32.0 Å². The number of hydrogen-bond donors (Lipinski definition) is 1. The predicted octanol–water partition coefficient (Wildman–Crippen LogP) is 2.67. The molecule has 0 saturated heterocycles. The highest BCUT2D eigenvalue weighted by molar-refractivity contribution is 9.10. The first-order chi connectivity index (χ1) is 6.94. The Morgan fingerprint density at radius 3 is 2.67 bits per heavy atom. The molecule has 1 aliphatic rings. The van der Waals surface area contributed by atoms with E-state index in [2.05, 4.69) is 20.9 Å². The zero-order chi connectivity index (χ0) is 11.2. The molecule has 0 aliphatic heterocycles. The molecule has 0 radical (unpaired) electrons. The van der Waals surface area contributed by atoms with Gasteiger partial charge in [0.05, 0.1) is 5.92 Å². The molecular weight excluding hydrogens is 258 g/mol. The second-order valence-corrected chi connectivity index (χ2v) is 5.31. The molecule has 2 atom stereocenters. The number of nitrogens with zero attached hydrogens (tertiary/aromatic N) is 1.